The van der Waals surface area contributed by atoms with Crippen LogP contribution in [-0.4, -0.2) is 18.5 Å². The van der Waals surface area contributed by atoms with Crippen molar-refractivity contribution in [1.82, 2.24) is 5.43 Å². The second-order valence-corrected chi connectivity index (χ2v) is 4.59. The van der Waals surface area contributed by atoms with Crippen LogP contribution in [0.1, 0.15) is 20.8 Å². The molecule has 0 bridgehead atoms. The largest absolute Gasteiger partial charge is 0.302 e. The Kier molecular flexibility index (Phi) is 1.75. The number of hydrogen-bond donors (Lipinski definition) is 1. The molecule has 0 saturated carbocycles. The average Bonchev–Trinajstić information content (AvgIpc) is 2.48. The molecule has 0 aromatic heterocycles. The van der Waals surface area contributed by atoms with Gasteiger partial charge in [0.2, 0.25) is 0 Å². The van der Waals surface area contributed by atoms with E-state index in [1.807, 2.05) is 18.6 Å². The summed E-state index contributed by atoms with van der Waals surface area (Å²) in [4.78, 5) is 4.25. The highest BCUT2D eigenvalue weighted by atomic mass is 15.3. The van der Waals surface area contributed by atoms with Crippen molar-refractivity contribution in [1.29, 1.82) is 0 Å². The van der Waals surface area contributed by atoms with Gasteiger partial charge in [0.1, 0.15) is 0 Å². The highest BCUT2D eigenvalue weighted by Gasteiger charge is 2.34. The summed E-state index contributed by atoms with van der Waals surface area (Å²) in [6.07, 6.45) is 5.83. The summed E-state index contributed by atoms with van der Waals surface area (Å²) in [7, 11) is 0. The van der Waals surface area contributed by atoms with Crippen molar-refractivity contribution in [2.45, 2.75) is 26.8 Å². The van der Waals surface area contributed by atoms with Crippen LogP contribution in [0.25, 0.3) is 0 Å². The quantitative estimate of drug-likeness (QED) is 0.599. The third-order valence-corrected chi connectivity index (χ3v) is 2.52. The summed E-state index contributed by atoms with van der Waals surface area (Å²) in [5.74, 6) is 0.347. The van der Waals surface area contributed by atoms with Gasteiger partial charge in [-0.2, -0.15) is 5.10 Å². The number of fused-ring (bicyclic) bond motifs is 1. The van der Waals surface area contributed by atoms with Crippen molar-refractivity contribution in [3.63, 3.8) is 0 Å². The van der Waals surface area contributed by atoms with Gasteiger partial charge in [-0.15, -0.1) is 0 Å². The van der Waals surface area contributed by atoms with E-state index in [4.69, 9.17) is 0 Å². The molecule has 3 heteroatoms. The molecule has 0 saturated heterocycles. The fourth-order valence-corrected chi connectivity index (χ4v) is 1.75. The molecule has 0 fully saturated rings. The molecule has 0 radical (unpaired) electrons. The van der Waals surface area contributed by atoms with Crippen molar-refractivity contribution in [2.75, 3.05) is 0 Å². The Morgan fingerprint density at radius 3 is 2.77 bits per heavy atom. The molecule has 0 aromatic carbocycles. The van der Waals surface area contributed by atoms with E-state index in [0.717, 1.165) is 0 Å². The van der Waals surface area contributed by atoms with Gasteiger partial charge in [-0.25, -0.2) is 0 Å². The molecule has 2 unspecified atom stereocenters. The zero-order valence-electron chi connectivity index (χ0n) is 8.28. The Morgan fingerprint density at radius 1 is 1.31 bits per heavy atom. The summed E-state index contributed by atoms with van der Waals surface area (Å²) < 4.78 is 0. The lowest BCUT2D eigenvalue weighted by molar-refractivity contribution is 0.427. The molecule has 13 heavy (non-hydrogen) atoms. The Balaban J connectivity index is 2.30. The van der Waals surface area contributed by atoms with E-state index in [9.17, 15) is 0 Å². The highest BCUT2D eigenvalue weighted by molar-refractivity contribution is 5.87. The predicted octanol–water partition coefficient (Wildman–Crippen LogP) is 1.57. The molecule has 2 aliphatic heterocycles. The molecule has 2 rings (SSSR count). The summed E-state index contributed by atoms with van der Waals surface area (Å²) in [6.45, 7) is 6.62. The van der Waals surface area contributed by atoms with Crippen LogP contribution in [0.4, 0.5) is 0 Å². The van der Waals surface area contributed by atoms with Crippen molar-refractivity contribution in [3.05, 3.63) is 11.8 Å². The normalized spacial score (nSPS) is 31.2. The molecule has 0 spiro atoms. The minimum Gasteiger partial charge on any atom is -0.302 e. The number of hydrazone groups is 1. The first-order valence-corrected chi connectivity index (χ1v) is 4.61. The molecule has 2 heterocycles. The number of rotatable bonds is 0. The van der Waals surface area contributed by atoms with Crippen molar-refractivity contribution in [2.24, 2.45) is 21.4 Å². The molecule has 0 aliphatic carbocycles. The number of nitrogens with zero attached hydrogens (tertiary/aromatic N) is 2. The monoisotopic (exact) mass is 177 g/mol. The first-order valence-electron chi connectivity index (χ1n) is 4.61. The minimum absolute atomic E-state index is 0.168. The molecule has 0 amide bonds. The fourth-order valence-electron chi connectivity index (χ4n) is 1.75. The Hall–Kier alpha value is -1.12. The van der Waals surface area contributed by atoms with E-state index >= 15 is 0 Å². The Labute approximate surface area is 78.6 Å². The van der Waals surface area contributed by atoms with Crippen LogP contribution in [0.15, 0.2) is 21.9 Å². The first-order chi connectivity index (χ1) is 6.09. The summed E-state index contributed by atoms with van der Waals surface area (Å²) in [5, 5.41) is 4.08. The van der Waals surface area contributed by atoms with Gasteiger partial charge in [-0.05, 0) is 11.0 Å². The van der Waals surface area contributed by atoms with Crippen LogP contribution in [0.5, 0.6) is 0 Å². The van der Waals surface area contributed by atoms with Gasteiger partial charge in [-0.1, -0.05) is 20.8 Å². The number of nitrogens with one attached hydrogen (secondary N) is 1. The van der Waals surface area contributed by atoms with Gasteiger partial charge in [0.05, 0.1) is 12.0 Å². The van der Waals surface area contributed by atoms with E-state index < -0.39 is 0 Å². The third-order valence-electron chi connectivity index (χ3n) is 2.52. The van der Waals surface area contributed by atoms with Crippen LogP contribution < -0.4 is 5.43 Å². The van der Waals surface area contributed by atoms with E-state index in [1.54, 1.807) is 0 Å². The second kappa shape index (κ2) is 2.69. The smallest absolute Gasteiger partial charge is 0.0800 e. The first kappa shape index (κ1) is 8.48. The molecular formula is C10H15N3. The number of hydrogen-bond acceptors (Lipinski definition) is 3. The average molecular weight is 177 g/mol. The van der Waals surface area contributed by atoms with E-state index in [0.29, 0.717) is 12.0 Å². The molecular weight excluding hydrogens is 162 g/mol. The summed E-state index contributed by atoms with van der Waals surface area (Å²) in [6, 6.07) is 0.331. The van der Waals surface area contributed by atoms with Gasteiger partial charge in [0, 0.05) is 18.6 Å². The van der Waals surface area contributed by atoms with Crippen molar-refractivity contribution < 1.29 is 0 Å². The van der Waals surface area contributed by atoms with Crippen LogP contribution in [0, 0.1) is 11.3 Å². The lowest BCUT2D eigenvalue weighted by Gasteiger charge is -2.31. The highest BCUT2D eigenvalue weighted by Crippen LogP contribution is 2.33. The van der Waals surface area contributed by atoms with Crippen molar-refractivity contribution in [3.8, 4) is 0 Å². The Morgan fingerprint density at radius 2 is 2.08 bits per heavy atom. The third kappa shape index (κ3) is 1.39. The summed E-state index contributed by atoms with van der Waals surface area (Å²) >= 11 is 0. The topological polar surface area (TPSA) is 36.8 Å². The van der Waals surface area contributed by atoms with E-state index in [2.05, 4.69) is 36.3 Å². The van der Waals surface area contributed by atoms with Gasteiger partial charge in [0.15, 0.2) is 0 Å². The van der Waals surface area contributed by atoms with Crippen molar-refractivity contribution >= 4 is 12.4 Å². The van der Waals surface area contributed by atoms with Gasteiger partial charge in [-0.3, -0.25) is 4.99 Å². The fraction of sp³-hybridized carbons (Fsp3) is 0.600. The molecule has 2 aliphatic rings. The standard InChI is InChI=1S/C10H15N3/c1-10(2,3)8-6-11-4-7-5-12-13-9(7)8/h4-7,9,13H,1-3H3. The molecule has 1 N–H and O–H groups in total. The Bertz CT molecular complexity index is 294. The molecule has 70 valence electrons. The second-order valence-electron chi connectivity index (χ2n) is 4.59. The maximum absolute atomic E-state index is 4.25. The maximum Gasteiger partial charge on any atom is 0.0800 e. The van der Waals surface area contributed by atoms with E-state index in [1.165, 1.54) is 5.57 Å². The molecule has 3 nitrogen and oxygen atoms in total. The minimum atomic E-state index is 0.168. The molecule has 2 atom stereocenters. The maximum atomic E-state index is 4.25. The number of aliphatic imine (C=N–C) groups is 1. The predicted molar refractivity (Wildman–Crippen MR) is 54.9 cm³/mol. The van der Waals surface area contributed by atoms with Crippen LogP contribution in [0.2, 0.25) is 0 Å². The van der Waals surface area contributed by atoms with Gasteiger partial charge >= 0.3 is 0 Å². The SMILES string of the molecule is CC(C)(C)C1=CN=CC2C=NNC12. The van der Waals surface area contributed by atoms with Gasteiger partial charge < -0.3 is 5.43 Å². The zero-order chi connectivity index (χ0) is 9.47. The van der Waals surface area contributed by atoms with Crippen LogP contribution >= 0.6 is 0 Å². The van der Waals surface area contributed by atoms with Crippen LogP contribution in [0.3, 0.4) is 0 Å². The zero-order valence-corrected chi connectivity index (χ0v) is 8.28. The summed E-state index contributed by atoms with van der Waals surface area (Å²) in [5.41, 5.74) is 4.62. The van der Waals surface area contributed by atoms with Crippen LogP contribution in [-0.2, 0) is 0 Å². The van der Waals surface area contributed by atoms with Gasteiger partial charge in [0.25, 0.3) is 0 Å². The lowest BCUT2D eigenvalue weighted by atomic mass is 9.78. The van der Waals surface area contributed by atoms with E-state index in [-0.39, 0.29) is 5.41 Å². The lowest BCUT2D eigenvalue weighted by Crippen LogP contribution is -2.37. The molecule has 0 aromatic rings.